The van der Waals surface area contributed by atoms with Crippen LogP contribution in [-0.2, 0) is 85.6 Å². The van der Waals surface area contributed by atoms with Crippen molar-refractivity contribution in [3.63, 3.8) is 0 Å². The van der Waals surface area contributed by atoms with E-state index in [-0.39, 0.29) is 133 Å². The monoisotopic (exact) mass is 1270 g/mol. The molecule has 0 aliphatic carbocycles. The van der Waals surface area contributed by atoms with E-state index in [0.29, 0.717) is 180 Å². The van der Waals surface area contributed by atoms with Crippen LogP contribution in [0.15, 0.2) is 33.9 Å². The molecule has 29 nitrogen and oxygen atoms in total. The van der Waals surface area contributed by atoms with Crippen LogP contribution in [0.4, 0.5) is 0 Å². The van der Waals surface area contributed by atoms with Gasteiger partial charge < -0.3 is 98.1 Å². The summed E-state index contributed by atoms with van der Waals surface area (Å²) in [6, 6.07) is 6.95. The number of nitrogens with zero attached hydrogens (tertiary/aromatic N) is 3. The number of thioether (sulfide) groups is 1. The second kappa shape index (κ2) is 56.7. The van der Waals surface area contributed by atoms with Gasteiger partial charge in [-0.3, -0.25) is 33.6 Å². The van der Waals surface area contributed by atoms with E-state index < -0.39 is 0 Å². The standard InChI is InChI=1S/C58H99N9O20S/c1-4-16-59-50(68)10-24-75-30-18-61-52(70)12-26-77-32-20-63-54(72)14-28-79-36-40-83-44-46-85-42-38-81-34-22-67(57(74)49-8-6-48(7-9-49)56-65-66-58(87-56)88-3)23-35-82-39-43-86-47-45-84-41-37-80-29-15-55(73)64-21-33-78-27-13-53(71)62-19-31-76-25-11-51(69)60-17-5-2/h6-9H,4-5,10-47H2,1-3H3,(H,59,68)(H,60,69)(H,61,70)(H,62,71)(H,63,72)(H,64,73). The molecule has 0 saturated carbocycles. The van der Waals surface area contributed by atoms with Gasteiger partial charge in [-0.1, -0.05) is 25.6 Å². The van der Waals surface area contributed by atoms with Crippen LogP contribution in [0.25, 0.3) is 11.5 Å². The summed E-state index contributed by atoms with van der Waals surface area (Å²) in [6.45, 7) is 14.4. The zero-order valence-electron chi connectivity index (χ0n) is 52.0. The molecule has 1 aromatic carbocycles. The van der Waals surface area contributed by atoms with Crippen LogP contribution < -0.4 is 31.9 Å². The minimum absolute atomic E-state index is 0.0536. The fourth-order valence-corrected chi connectivity index (χ4v) is 7.33. The first-order chi connectivity index (χ1) is 43.1. The molecular formula is C58H99N9O20S. The van der Waals surface area contributed by atoms with Crippen LogP contribution in [0.2, 0.25) is 0 Å². The quantitative estimate of drug-likeness (QED) is 0.0397. The molecule has 2 rings (SSSR count). The molecule has 0 bridgehead atoms. The van der Waals surface area contributed by atoms with E-state index >= 15 is 0 Å². The van der Waals surface area contributed by atoms with Crippen LogP contribution in [0.5, 0.6) is 0 Å². The molecule has 30 heteroatoms. The van der Waals surface area contributed by atoms with Gasteiger partial charge in [0.2, 0.25) is 41.3 Å². The first kappa shape index (κ1) is 78.6. The summed E-state index contributed by atoms with van der Waals surface area (Å²) >= 11 is 1.34. The highest BCUT2D eigenvalue weighted by Crippen LogP contribution is 2.22. The smallest absolute Gasteiger partial charge is 0.276 e. The second-order valence-electron chi connectivity index (χ2n) is 18.9. The number of aromatic nitrogens is 2. The number of amides is 7. The summed E-state index contributed by atoms with van der Waals surface area (Å²) in [5, 5.41) is 25.0. The predicted molar refractivity (Wildman–Crippen MR) is 324 cm³/mol. The first-order valence-electron chi connectivity index (χ1n) is 30.4. The van der Waals surface area contributed by atoms with Crippen molar-refractivity contribution in [1.82, 2.24) is 47.0 Å². The lowest BCUT2D eigenvalue weighted by Gasteiger charge is -2.23. The lowest BCUT2D eigenvalue weighted by molar-refractivity contribution is -0.124. The summed E-state index contributed by atoms with van der Waals surface area (Å²) in [5.74, 6) is -0.644. The number of carbonyl (C=O) groups excluding carboxylic acids is 7. The van der Waals surface area contributed by atoms with Crippen molar-refractivity contribution in [2.24, 2.45) is 0 Å². The normalized spacial score (nSPS) is 11.1. The zero-order valence-corrected chi connectivity index (χ0v) is 52.8. The molecule has 1 aromatic heterocycles. The van der Waals surface area contributed by atoms with Crippen molar-refractivity contribution in [3.8, 4) is 11.5 Å². The van der Waals surface area contributed by atoms with E-state index in [4.69, 9.17) is 61.3 Å². The number of hydrogen-bond donors (Lipinski definition) is 6. The third-order valence-corrected chi connectivity index (χ3v) is 12.3. The Hall–Kier alpha value is -5.48. The van der Waals surface area contributed by atoms with Crippen molar-refractivity contribution in [2.75, 3.05) is 217 Å². The van der Waals surface area contributed by atoms with E-state index in [2.05, 4.69) is 42.1 Å². The molecule has 0 radical (unpaired) electrons. The molecule has 0 unspecified atom stereocenters. The summed E-state index contributed by atoms with van der Waals surface area (Å²) in [5.41, 5.74) is 1.16. The minimum atomic E-state index is -0.199. The maximum absolute atomic E-state index is 13.7. The van der Waals surface area contributed by atoms with Crippen molar-refractivity contribution < 1.29 is 94.8 Å². The SMILES string of the molecule is CCCNC(=O)CCOCCNC(=O)CCOCCNC(=O)CCOCCOCCOCCOCCN(CCOCCOCCOCCOCCC(=O)NCCOCCC(=O)NCCOCCC(=O)NCCC)C(=O)c1ccc(-c2nnc(SC)o2)cc1. The van der Waals surface area contributed by atoms with Crippen LogP contribution in [-0.4, -0.2) is 274 Å². The van der Waals surface area contributed by atoms with Crippen LogP contribution in [0, 0.1) is 0 Å². The summed E-state index contributed by atoms with van der Waals surface area (Å²) in [6.07, 6.45) is 4.90. The van der Waals surface area contributed by atoms with Gasteiger partial charge in [0, 0.05) is 102 Å². The average Bonchev–Trinajstić information content (AvgIpc) is 4.25. The van der Waals surface area contributed by atoms with Crippen molar-refractivity contribution >= 4 is 53.1 Å². The van der Waals surface area contributed by atoms with E-state index in [1.807, 2.05) is 20.1 Å². The molecule has 7 amide bonds. The number of nitrogens with one attached hydrogen (secondary N) is 6. The Balaban J connectivity index is 1.47. The zero-order chi connectivity index (χ0) is 63.6. The Morgan fingerprint density at radius 2 is 0.648 bits per heavy atom. The van der Waals surface area contributed by atoms with Gasteiger partial charge in [-0.25, -0.2) is 0 Å². The topological polar surface area (TPSA) is 345 Å². The largest absolute Gasteiger partial charge is 0.411 e. The molecule has 0 spiro atoms. The van der Waals surface area contributed by atoms with Gasteiger partial charge in [0.25, 0.3) is 11.1 Å². The third kappa shape index (κ3) is 45.7. The van der Waals surface area contributed by atoms with Gasteiger partial charge >= 0.3 is 0 Å². The summed E-state index contributed by atoms with van der Waals surface area (Å²) < 4.78 is 72.2. The molecule has 0 aliphatic heterocycles. The maximum atomic E-state index is 13.7. The number of hydrogen-bond acceptors (Lipinski definition) is 23. The van der Waals surface area contributed by atoms with Crippen LogP contribution >= 0.6 is 11.8 Å². The van der Waals surface area contributed by atoms with E-state index in [0.717, 1.165) is 12.8 Å². The Bertz CT molecular complexity index is 2020. The Morgan fingerprint density at radius 1 is 0.375 bits per heavy atom. The van der Waals surface area contributed by atoms with Gasteiger partial charge in [-0.05, 0) is 43.4 Å². The molecule has 6 N–H and O–H groups in total. The van der Waals surface area contributed by atoms with Crippen LogP contribution in [0.3, 0.4) is 0 Å². The Labute approximate surface area is 522 Å². The molecule has 0 fully saturated rings. The van der Waals surface area contributed by atoms with Gasteiger partial charge in [0.15, 0.2) is 0 Å². The molecular weight excluding hydrogens is 1170 g/mol. The number of carbonyl (C=O) groups is 7. The highest BCUT2D eigenvalue weighted by molar-refractivity contribution is 7.98. The highest BCUT2D eigenvalue weighted by atomic mass is 32.2. The van der Waals surface area contributed by atoms with Crippen molar-refractivity contribution in [1.29, 1.82) is 0 Å². The lowest BCUT2D eigenvalue weighted by Crippen LogP contribution is -2.37. The Morgan fingerprint density at radius 3 is 0.932 bits per heavy atom. The van der Waals surface area contributed by atoms with Gasteiger partial charge in [0.1, 0.15) is 0 Å². The van der Waals surface area contributed by atoms with Gasteiger partial charge in [0.05, 0.1) is 159 Å². The third-order valence-electron chi connectivity index (χ3n) is 11.7. The first-order valence-corrected chi connectivity index (χ1v) is 31.6. The second-order valence-corrected chi connectivity index (χ2v) is 19.7. The summed E-state index contributed by atoms with van der Waals surface area (Å²) in [4.78, 5) is 86.4. The molecule has 0 aliphatic rings. The molecule has 1 heterocycles. The van der Waals surface area contributed by atoms with Crippen molar-refractivity contribution in [2.45, 2.75) is 70.4 Å². The maximum Gasteiger partial charge on any atom is 0.276 e. The van der Waals surface area contributed by atoms with E-state index in [1.54, 1.807) is 29.2 Å². The Kier molecular flexibility index (Phi) is 50.7. The number of benzene rings is 1. The molecule has 502 valence electrons. The van der Waals surface area contributed by atoms with Gasteiger partial charge in [-0.15, -0.1) is 10.2 Å². The lowest BCUT2D eigenvalue weighted by atomic mass is 10.1. The van der Waals surface area contributed by atoms with E-state index in [9.17, 15) is 33.6 Å². The average molecular weight is 1270 g/mol. The fourth-order valence-electron chi connectivity index (χ4n) is 7.04. The minimum Gasteiger partial charge on any atom is -0.411 e. The van der Waals surface area contributed by atoms with Gasteiger partial charge in [-0.2, -0.15) is 0 Å². The molecule has 0 saturated heterocycles. The number of ether oxygens (including phenoxy) is 12. The predicted octanol–water partition coefficient (Wildman–Crippen LogP) is 0.958. The van der Waals surface area contributed by atoms with E-state index in [1.165, 1.54) is 11.8 Å². The molecule has 0 atom stereocenters. The molecule has 88 heavy (non-hydrogen) atoms. The van der Waals surface area contributed by atoms with Crippen molar-refractivity contribution in [3.05, 3.63) is 29.8 Å². The molecule has 2 aromatic rings. The number of rotatable bonds is 61. The highest BCUT2D eigenvalue weighted by Gasteiger charge is 2.18. The fraction of sp³-hybridized carbons (Fsp3) is 0.741. The summed E-state index contributed by atoms with van der Waals surface area (Å²) in [7, 11) is 0. The van der Waals surface area contributed by atoms with Crippen LogP contribution in [0.1, 0.15) is 75.6 Å².